The van der Waals surface area contributed by atoms with E-state index in [-0.39, 0.29) is 23.6 Å². The van der Waals surface area contributed by atoms with Gasteiger partial charge in [-0.15, -0.1) is 5.10 Å². The largest absolute Gasteiger partial charge is 0.324 e. The summed E-state index contributed by atoms with van der Waals surface area (Å²) in [6.07, 6.45) is 9.18. The number of carbonyl (C=O) groups is 1. The van der Waals surface area contributed by atoms with Crippen LogP contribution in [0.4, 0.5) is 18.7 Å². The molecule has 13 heteroatoms. The molecule has 6 rings (SSSR count). The summed E-state index contributed by atoms with van der Waals surface area (Å²) in [5, 5.41) is 11.1. The predicted molar refractivity (Wildman–Crippen MR) is 173 cm³/mol. The van der Waals surface area contributed by atoms with Gasteiger partial charge in [0.1, 0.15) is 21.7 Å². The molecule has 0 aliphatic heterocycles. The molecule has 0 saturated carbocycles. The van der Waals surface area contributed by atoms with Crippen molar-refractivity contribution in [3.8, 4) is 16.9 Å². The van der Waals surface area contributed by atoms with Gasteiger partial charge in [0, 0.05) is 49.6 Å². The first-order valence-electron chi connectivity index (χ1n) is 14.4. The Hall–Kier alpha value is -5.07. The van der Waals surface area contributed by atoms with Crippen molar-refractivity contribution in [3.05, 3.63) is 137 Å². The molecule has 0 aliphatic carbocycles. The lowest BCUT2D eigenvalue weighted by atomic mass is 9.88. The van der Waals surface area contributed by atoms with Crippen LogP contribution in [0, 0.1) is 11.6 Å². The molecule has 3 aromatic carbocycles. The van der Waals surface area contributed by atoms with Crippen molar-refractivity contribution < 1.29 is 13.6 Å². The van der Waals surface area contributed by atoms with Gasteiger partial charge in [-0.2, -0.15) is 0 Å². The predicted octanol–water partition coefficient (Wildman–Crippen LogP) is 7.41. The van der Waals surface area contributed by atoms with Crippen LogP contribution in [-0.2, 0) is 6.42 Å². The summed E-state index contributed by atoms with van der Waals surface area (Å²) in [7, 11) is 0. The van der Waals surface area contributed by atoms with Gasteiger partial charge in [-0.1, -0.05) is 64.5 Å². The van der Waals surface area contributed by atoms with Crippen molar-refractivity contribution in [3.63, 3.8) is 0 Å². The third-order valence-corrected chi connectivity index (χ3v) is 8.57. The Kier molecular flexibility index (Phi) is 9.65. The molecular formula is C33H27ClF2N8OS. The number of nitrogens with zero attached hydrogens (tertiary/aromatic N) is 7. The summed E-state index contributed by atoms with van der Waals surface area (Å²) >= 11 is 7.75. The third kappa shape index (κ3) is 7.59. The maximum absolute atomic E-state index is 13.8. The molecule has 0 radical (unpaired) electrons. The van der Waals surface area contributed by atoms with Crippen LogP contribution in [0.25, 0.3) is 16.9 Å². The highest BCUT2D eigenvalue weighted by Gasteiger charge is 2.22. The molecule has 46 heavy (non-hydrogen) atoms. The Morgan fingerprint density at radius 3 is 2.22 bits per heavy atom. The van der Waals surface area contributed by atoms with Gasteiger partial charge in [-0.05, 0) is 53.9 Å². The molecule has 0 bridgehead atoms. The first kappa shape index (κ1) is 30.9. The van der Waals surface area contributed by atoms with E-state index in [2.05, 4.69) is 30.6 Å². The normalized spacial score (nSPS) is 11.1. The Bertz CT molecular complexity index is 1830. The highest BCUT2D eigenvalue weighted by molar-refractivity contribution is 7.20. The molecule has 3 aromatic heterocycles. The minimum absolute atomic E-state index is 0.213. The molecule has 0 saturated heterocycles. The third-order valence-electron chi connectivity index (χ3n) is 7.40. The Morgan fingerprint density at radius 2 is 1.61 bits per heavy atom. The molecule has 1 N–H and O–H groups in total. The Balaban J connectivity index is 1.21. The molecule has 0 aliphatic rings. The van der Waals surface area contributed by atoms with E-state index >= 15 is 0 Å². The number of halogens is 3. The zero-order chi connectivity index (χ0) is 31.9. The maximum Gasteiger partial charge on any atom is 0.323 e. The quantitative estimate of drug-likeness (QED) is 0.156. The van der Waals surface area contributed by atoms with Crippen LogP contribution < -0.4 is 5.32 Å². The van der Waals surface area contributed by atoms with Crippen LogP contribution >= 0.6 is 22.9 Å². The van der Waals surface area contributed by atoms with Gasteiger partial charge in [0.25, 0.3) is 0 Å². The number of hydrogen-bond acceptors (Lipinski definition) is 7. The number of hydrogen-bond donors (Lipinski definition) is 1. The number of urea groups is 1. The number of amides is 2. The Labute approximate surface area is 272 Å². The number of thiazole rings is 1. The second-order valence-electron chi connectivity index (χ2n) is 10.3. The molecular weight excluding hydrogens is 630 g/mol. The molecule has 0 atom stereocenters. The first-order chi connectivity index (χ1) is 22.4. The van der Waals surface area contributed by atoms with Crippen LogP contribution in [0.2, 0.25) is 4.34 Å². The van der Waals surface area contributed by atoms with Gasteiger partial charge in [0.05, 0.1) is 23.8 Å². The van der Waals surface area contributed by atoms with Gasteiger partial charge in [0.15, 0.2) is 5.13 Å². The average molecular weight is 657 g/mol. The molecule has 6 aromatic rings. The molecule has 0 unspecified atom stereocenters. The molecule has 0 fully saturated rings. The zero-order valence-corrected chi connectivity index (χ0v) is 25.9. The fraction of sp³-hybridized carbons (Fsp3) is 0.152. The monoisotopic (exact) mass is 656 g/mol. The summed E-state index contributed by atoms with van der Waals surface area (Å²) in [5.74, 6) is -0.909. The van der Waals surface area contributed by atoms with Crippen LogP contribution in [0.15, 0.2) is 104 Å². The van der Waals surface area contributed by atoms with Gasteiger partial charge >= 0.3 is 6.03 Å². The van der Waals surface area contributed by atoms with Crippen LogP contribution in [-0.4, -0.2) is 54.0 Å². The van der Waals surface area contributed by atoms with E-state index in [1.54, 1.807) is 64.8 Å². The number of nitrogens with one attached hydrogen (secondary N) is 1. The minimum atomic E-state index is -0.362. The van der Waals surface area contributed by atoms with E-state index in [9.17, 15) is 13.6 Å². The molecule has 2 amide bonds. The Morgan fingerprint density at radius 1 is 0.913 bits per heavy atom. The second kappa shape index (κ2) is 14.4. The summed E-state index contributed by atoms with van der Waals surface area (Å²) in [6.45, 7) is 0.682. The van der Waals surface area contributed by atoms with E-state index < -0.39 is 0 Å². The van der Waals surface area contributed by atoms with Gasteiger partial charge in [-0.3, -0.25) is 15.3 Å². The van der Waals surface area contributed by atoms with E-state index in [0.29, 0.717) is 41.1 Å². The molecule has 232 valence electrons. The van der Waals surface area contributed by atoms with Crippen molar-refractivity contribution in [2.45, 2.75) is 18.8 Å². The van der Waals surface area contributed by atoms with E-state index in [0.717, 1.165) is 28.1 Å². The average Bonchev–Trinajstić information content (AvgIpc) is 3.75. The lowest BCUT2D eigenvalue weighted by Crippen LogP contribution is -2.38. The number of carbonyl (C=O) groups excluding carboxylic acids is 1. The van der Waals surface area contributed by atoms with E-state index in [1.165, 1.54) is 35.6 Å². The van der Waals surface area contributed by atoms with Gasteiger partial charge in [0.2, 0.25) is 0 Å². The topological polar surface area (TPSA) is 102 Å². The number of aromatic nitrogens is 6. The van der Waals surface area contributed by atoms with Crippen LogP contribution in [0.5, 0.6) is 0 Å². The standard InChI is InChI=1S/C33H27ClF2N8OS/c34-31-30(24-5-11-28(12-6-24)44-20-17-39-42-44)40-32(46-31)41-33(45)43(18-13-27-21-37-15-16-38-27)19-14-29(22-1-7-25(35)8-2-22)23-3-9-26(36)10-4-23/h1-12,15-17,20-21,29H,13-14,18-19H2,(H,40,41,45). The van der Waals surface area contributed by atoms with Crippen molar-refractivity contribution in [2.24, 2.45) is 0 Å². The summed E-state index contributed by atoms with van der Waals surface area (Å²) < 4.78 is 29.6. The van der Waals surface area contributed by atoms with Crippen molar-refractivity contribution in [1.82, 2.24) is 34.8 Å². The lowest BCUT2D eigenvalue weighted by molar-refractivity contribution is 0.210. The van der Waals surface area contributed by atoms with Gasteiger partial charge < -0.3 is 4.90 Å². The van der Waals surface area contributed by atoms with E-state index in [1.807, 2.05) is 24.3 Å². The number of benzene rings is 3. The summed E-state index contributed by atoms with van der Waals surface area (Å²) in [4.78, 5) is 28.5. The fourth-order valence-electron chi connectivity index (χ4n) is 5.05. The minimum Gasteiger partial charge on any atom is -0.324 e. The van der Waals surface area contributed by atoms with Gasteiger partial charge in [-0.25, -0.2) is 23.2 Å². The van der Waals surface area contributed by atoms with Crippen molar-refractivity contribution >= 4 is 34.1 Å². The lowest BCUT2D eigenvalue weighted by Gasteiger charge is -2.26. The number of rotatable bonds is 11. The second-order valence-corrected chi connectivity index (χ2v) is 11.9. The fourth-order valence-corrected chi connectivity index (χ4v) is 6.12. The van der Waals surface area contributed by atoms with Crippen molar-refractivity contribution in [1.29, 1.82) is 0 Å². The smallest absolute Gasteiger partial charge is 0.323 e. The SMILES string of the molecule is O=C(Nc1nc(-c2ccc(-n3ccnn3)cc2)c(Cl)s1)N(CCc1cnccn1)CCC(c1ccc(F)cc1)c1ccc(F)cc1. The highest BCUT2D eigenvalue weighted by atomic mass is 35.5. The van der Waals surface area contributed by atoms with Crippen molar-refractivity contribution in [2.75, 3.05) is 18.4 Å². The maximum atomic E-state index is 13.8. The highest BCUT2D eigenvalue weighted by Crippen LogP contribution is 2.36. The zero-order valence-electron chi connectivity index (χ0n) is 24.3. The van der Waals surface area contributed by atoms with E-state index in [4.69, 9.17) is 11.6 Å². The molecule has 3 heterocycles. The molecule has 0 spiro atoms. The first-order valence-corrected chi connectivity index (χ1v) is 15.6. The molecule has 9 nitrogen and oxygen atoms in total. The van der Waals surface area contributed by atoms with Crippen LogP contribution in [0.3, 0.4) is 0 Å². The van der Waals surface area contributed by atoms with Crippen LogP contribution in [0.1, 0.15) is 29.2 Å². The summed E-state index contributed by atoms with van der Waals surface area (Å²) in [5.41, 5.74) is 4.61. The number of anilines is 1. The summed E-state index contributed by atoms with van der Waals surface area (Å²) in [6, 6.07) is 19.6.